The van der Waals surface area contributed by atoms with Crippen LogP contribution in [0.15, 0.2) is 42.6 Å². The summed E-state index contributed by atoms with van der Waals surface area (Å²) in [5, 5.41) is 24.6. The zero-order chi connectivity index (χ0) is 28.0. The number of hydrogen-bond acceptors (Lipinski definition) is 8. The van der Waals surface area contributed by atoms with Crippen LogP contribution >= 0.6 is 0 Å². The molecule has 1 amide bonds. The molecule has 9 nitrogen and oxygen atoms in total. The van der Waals surface area contributed by atoms with Crippen LogP contribution in [-0.4, -0.2) is 59.4 Å². The highest BCUT2D eigenvalue weighted by molar-refractivity contribution is 5.85. The van der Waals surface area contributed by atoms with Gasteiger partial charge >= 0.3 is 0 Å². The quantitative estimate of drug-likeness (QED) is 0.183. The van der Waals surface area contributed by atoms with E-state index in [4.69, 9.17) is 10.5 Å². The number of aromatic nitrogens is 1. The number of pyridine rings is 1. The Balaban J connectivity index is 1.41. The third kappa shape index (κ3) is 6.62. The Morgan fingerprint density at radius 3 is 2.56 bits per heavy atom. The largest absolute Gasteiger partial charge is 0.497 e. The summed E-state index contributed by atoms with van der Waals surface area (Å²) in [5.74, 6) is -1.12. The van der Waals surface area contributed by atoms with Crippen molar-refractivity contribution in [3.63, 3.8) is 0 Å². The molecule has 1 atom stereocenters. The monoisotopic (exact) mass is 543 g/mol. The number of hydrogen-bond donors (Lipinski definition) is 5. The fourth-order valence-corrected chi connectivity index (χ4v) is 5.40. The Hall–Kier alpha value is -3.38. The summed E-state index contributed by atoms with van der Waals surface area (Å²) < 4.78 is 32.2. The van der Waals surface area contributed by atoms with Crippen LogP contribution in [0.3, 0.4) is 0 Å². The smallest absolute Gasteiger partial charge is 0.249 e. The highest BCUT2D eigenvalue weighted by Gasteiger charge is 2.41. The first-order valence-electron chi connectivity index (χ1n) is 13.0. The van der Waals surface area contributed by atoms with E-state index in [0.717, 1.165) is 11.5 Å². The van der Waals surface area contributed by atoms with Crippen molar-refractivity contribution in [1.82, 2.24) is 15.4 Å². The number of aliphatic hydroxyl groups is 1. The van der Waals surface area contributed by atoms with Crippen molar-refractivity contribution in [2.75, 3.05) is 38.6 Å². The second-order valence-corrected chi connectivity index (χ2v) is 9.99. The molecule has 2 aromatic carbocycles. The highest BCUT2D eigenvalue weighted by Crippen LogP contribution is 2.40. The van der Waals surface area contributed by atoms with Gasteiger partial charge < -0.3 is 25.8 Å². The van der Waals surface area contributed by atoms with Crippen molar-refractivity contribution in [3.05, 3.63) is 65.4 Å². The molecule has 2 heterocycles. The SMILES string of the molecule is COc1ccc2ncc(CN)c([C@H](O)CCC3(C(=O)NO)CCN(CCNc4cc(F)cc(F)c4)CC3)c2c1. The molecule has 39 heavy (non-hydrogen) atoms. The van der Waals surface area contributed by atoms with Gasteiger partial charge in [0.05, 0.1) is 24.1 Å². The highest BCUT2D eigenvalue weighted by atomic mass is 19.1. The molecule has 0 radical (unpaired) electrons. The third-order valence-electron chi connectivity index (χ3n) is 7.66. The third-order valence-corrected chi connectivity index (χ3v) is 7.66. The summed E-state index contributed by atoms with van der Waals surface area (Å²) in [6, 6.07) is 8.73. The van der Waals surface area contributed by atoms with E-state index < -0.39 is 29.1 Å². The van der Waals surface area contributed by atoms with Crippen molar-refractivity contribution in [2.24, 2.45) is 11.1 Å². The number of carbonyl (C=O) groups is 1. The molecule has 1 fully saturated rings. The standard InChI is InChI=1S/C28H35F2N5O4/c1-39-22-2-3-24-23(15-22)26(18(16-31)17-33-24)25(36)4-5-28(27(37)34-38)6-9-35(10-7-28)11-8-32-21-13-19(29)12-20(30)14-21/h2-3,12-15,17,25,32,36,38H,4-11,16,31H2,1H3,(H,34,37)/t25-/m1/s1. The van der Waals surface area contributed by atoms with Gasteiger partial charge in [-0.1, -0.05) is 0 Å². The second kappa shape index (κ2) is 12.6. The van der Waals surface area contributed by atoms with Crippen LogP contribution in [0.4, 0.5) is 14.5 Å². The van der Waals surface area contributed by atoms with Crippen LogP contribution in [0.25, 0.3) is 10.9 Å². The molecule has 0 aliphatic carbocycles. The second-order valence-electron chi connectivity index (χ2n) is 9.99. The fourth-order valence-electron chi connectivity index (χ4n) is 5.40. The van der Waals surface area contributed by atoms with Crippen LogP contribution in [0.1, 0.15) is 42.9 Å². The summed E-state index contributed by atoms with van der Waals surface area (Å²) in [4.78, 5) is 19.4. The Labute approximate surface area is 225 Å². The molecule has 4 rings (SSSR count). The predicted octanol–water partition coefficient (Wildman–Crippen LogP) is 3.49. The molecule has 0 spiro atoms. The van der Waals surface area contributed by atoms with Gasteiger partial charge in [-0.25, -0.2) is 14.3 Å². The number of fused-ring (bicyclic) bond motifs is 1. The minimum absolute atomic E-state index is 0.195. The fraction of sp³-hybridized carbons (Fsp3) is 0.429. The first-order chi connectivity index (χ1) is 18.8. The number of nitrogens with zero attached hydrogens (tertiary/aromatic N) is 2. The number of nitrogens with one attached hydrogen (secondary N) is 2. The van der Waals surface area contributed by atoms with Gasteiger partial charge in [-0.3, -0.25) is 15.0 Å². The number of nitrogens with two attached hydrogens (primary N) is 1. The number of rotatable bonds is 11. The van der Waals surface area contributed by atoms with Crippen molar-refractivity contribution in [2.45, 2.75) is 38.3 Å². The minimum Gasteiger partial charge on any atom is -0.497 e. The Kier molecular flexibility index (Phi) is 9.28. The number of methoxy groups -OCH3 is 1. The van der Waals surface area contributed by atoms with Gasteiger partial charge in [0.15, 0.2) is 0 Å². The maximum atomic E-state index is 13.4. The molecule has 0 saturated carbocycles. The lowest BCUT2D eigenvalue weighted by Gasteiger charge is -2.40. The molecule has 210 valence electrons. The summed E-state index contributed by atoms with van der Waals surface area (Å²) in [6.45, 7) is 2.46. The van der Waals surface area contributed by atoms with Gasteiger partial charge in [0.1, 0.15) is 17.4 Å². The van der Waals surface area contributed by atoms with E-state index in [9.17, 15) is 23.9 Å². The Bertz CT molecular complexity index is 1270. The van der Waals surface area contributed by atoms with Gasteiger partial charge in [-0.2, -0.15) is 0 Å². The van der Waals surface area contributed by atoms with E-state index in [-0.39, 0.29) is 13.0 Å². The molecule has 1 saturated heterocycles. The molecular weight excluding hydrogens is 508 g/mol. The number of carbonyl (C=O) groups excluding carboxylic acids is 1. The first-order valence-corrected chi connectivity index (χ1v) is 13.0. The molecule has 6 N–H and O–H groups in total. The van der Waals surface area contributed by atoms with Gasteiger partial charge in [-0.05, 0) is 80.2 Å². The average molecular weight is 544 g/mol. The van der Waals surface area contributed by atoms with Crippen molar-refractivity contribution in [3.8, 4) is 5.75 Å². The number of benzene rings is 2. The number of likely N-dealkylation sites (tertiary alicyclic amines) is 1. The lowest BCUT2D eigenvalue weighted by Crippen LogP contribution is -2.49. The van der Waals surface area contributed by atoms with E-state index in [1.807, 2.05) is 17.6 Å². The summed E-state index contributed by atoms with van der Waals surface area (Å²) in [6.07, 6.45) is 2.36. The Morgan fingerprint density at radius 1 is 1.21 bits per heavy atom. The van der Waals surface area contributed by atoms with Gasteiger partial charge in [-0.15, -0.1) is 0 Å². The van der Waals surface area contributed by atoms with Crippen LogP contribution in [-0.2, 0) is 11.3 Å². The van der Waals surface area contributed by atoms with Crippen LogP contribution in [0.5, 0.6) is 5.75 Å². The van der Waals surface area contributed by atoms with Gasteiger partial charge in [0, 0.05) is 43.0 Å². The molecule has 3 aromatic rings. The Morgan fingerprint density at radius 2 is 1.92 bits per heavy atom. The summed E-state index contributed by atoms with van der Waals surface area (Å²) in [5.41, 5.74) is 9.38. The van der Waals surface area contributed by atoms with Crippen molar-refractivity contribution >= 4 is 22.5 Å². The maximum absolute atomic E-state index is 13.4. The maximum Gasteiger partial charge on any atom is 0.249 e. The molecule has 1 aromatic heterocycles. The number of aliphatic hydroxyl groups excluding tert-OH is 1. The molecule has 0 bridgehead atoms. The average Bonchev–Trinajstić information content (AvgIpc) is 2.94. The lowest BCUT2D eigenvalue weighted by atomic mass is 9.73. The number of ether oxygens (including phenoxy) is 1. The van der Waals surface area contributed by atoms with Gasteiger partial charge in [0.2, 0.25) is 5.91 Å². The van der Waals surface area contributed by atoms with E-state index in [1.54, 1.807) is 19.4 Å². The van der Waals surface area contributed by atoms with E-state index in [1.165, 1.54) is 12.1 Å². The molecule has 1 aliphatic rings. The molecule has 11 heteroatoms. The van der Waals surface area contributed by atoms with Gasteiger partial charge in [0.25, 0.3) is 0 Å². The van der Waals surface area contributed by atoms with E-state index >= 15 is 0 Å². The van der Waals surface area contributed by atoms with Crippen molar-refractivity contribution in [1.29, 1.82) is 0 Å². The zero-order valence-corrected chi connectivity index (χ0v) is 21.9. The number of anilines is 1. The number of amides is 1. The van der Waals surface area contributed by atoms with Crippen LogP contribution in [0.2, 0.25) is 0 Å². The van der Waals surface area contributed by atoms with Crippen molar-refractivity contribution < 1.29 is 28.6 Å². The van der Waals surface area contributed by atoms with E-state index in [2.05, 4.69) is 15.2 Å². The lowest BCUT2D eigenvalue weighted by molar-refractivity contribution is -0.143. The topological polar surface area (TPSA) is 133 Å². The molecule has 1 aliphatic heterocycles. The summed E-state index contributed by atoms with van der Waals surface area (Å²) in [7, 11) is 1.57. The van der Waals surface area contributed by atoms with Crippen LogP contribution in [0, 0.1) is 17.0 Å². The zero-order valence-electron chi connectivity index (χ0n) is 21.9. The minimum atomic E-state index is -0.904. The number of halogens is 2. The molecular formula is C28H35F2N5O4. The van der Waals surface area contributed by atoms with Crippen LogP contribution < -0.4 is 21.3 Å². The summed E-state index contributed by atoms with van der Waals surface area (Å²) >= 11 is 0. The number of piperidine rings is 1. The first kappa shape index (κ1) is 28.6. The van der Waals surface area contributed by atoms with E-state index in [0.29, 0.717) is 73.5 Å². The number of hydroxylamine groups is 1. The normalized spacial score (nSPS) is 16.2. The molecule has 0 unspecified atom stereocenters. The predicted molar refractivity (Wildman–Crippen MR) is 143 cm³/mol.